The fourth-order valence-electron chi connectivity index (χ4n) is 2.48. The summed E-state index contributed by atoms with van der Waals surface area (Å²) < 4.78 is 13.1. The molecule has 0 aromatic heterocycles. The van der Waals surface area contributed by atoms with E-state index in [1.807, 2.05) is 19.9 Å². The van der Waals surface area contributed by atoms with Gasteiger partial charge in [0.15, 0.2) is 0 Å². The molecule has 0 heterocycles. The van der Waals surface area contributed by atoms with Crippen molar-refractivity contribution in [2.24, 2.45) is 0 Å². The van der Waals surface area contributed by atoms with Crippen molar-refractivity contribution in [3.8, 4) is 0 Å². The van der Waals surface area contributed by atoms with Crippen molar-refractivity contribution in [1.29, 1.82) is 0 Å². The van der Waals surface area contributed by atoms with Gasteiger partial charge in [-0.05, 0) is 36.0 Å². The first kappa shape index (κ1) is 13.2. The van der Waals surface area contributed by atoms with Crippen molar-refractivity contribution < 1.29 is 4.39 Å². The molecular formula is C15H23F. The van der Waals surface area contributed by atoms with Crippen molar-refractivity contribution in [3.63, 3.8) is 0 Å². The van der Waals surface area contributed by atoms with Crippen LogP contribution in [0.15, 0.2) is 24.3 Å². The molecule has 2 rings (SSSR count). The summed E-state index contributed by atoms with van der Waals surface area (Å²) in [4.78, 5) is 0. The summed E-state index contributed by atoms with van der Waals surface area (Å²) in [6.45, 7) is 6.26. The second-order valence-corrected chi connectivity index (χ2v) is 4.63. The minimum Gasteiger partial charge on any atom is -0.207 e. The molecule has 1 aliphatic rings. The minimum absolute atomic E-state index is 0.103. The van der Waals surface area contributed by atoms with Gasteiger partial charge in [-0.1, -0.05) is 52.2 Å². The van der Waals surface area contributed by atoms with Gasteiger partial charge >= 0.3 is 0 Å². The lowest BCUT2D eigenvalue weighted by Crippen LogP contribution is -2.24. The van der Waals surface area contributed by atoms with Crippen molar-refractivity contribution >= 4 is 0 Å². The van der Waals surface area contributed by atoms with Crippen LogP contribution >= 0.6 is 0 Å². The topological polar surface area (TPSA) is 0 Å². The summed E-state index contributed by atoms with van der Waals surface area (Å²) >= 11 is 0. The van der Waals surface area contributed by atoms with E-state index < -0.39 is 0 Å². The van der Waals surface area contributed by atoms with Crippen LogP contribution in [0.3, 0.4) is 0 Å². The fraction of sp³-hybridized carbons (Fsp3) is 0.600. The molecule has 0 N–H and O–H groups in total. The fourth-order valence-corrected chi connectivity index (χ4v) is 2.48. The van der Waals surface area contributed by atoms with Gasteiger partial charge in [-0.2, -0.15) is 0 Å². The summed E-state index contributed by atoms with van der Waals surface area (Å²) in [6.07, 6.45) is 6.32. The van der Waals surface area contributed by atoms with Crippen LogP contribution in [-0.2, 0) is 5.41 Å². The molecule has 0 aliphatic heterocycles. The first-order valence-electron chi connectivity index (χ1n) is 6.47. The van der Waals surface area contributed by atoms with Crippen LogP contribution in [0.4, 0.5) is 4.39 Å². The Morgan fingerprint density at radius 2 is 1.69 bits per heavy atom. The highest BCUT2D eigenvalue weighted by Crippen LogP contribution is 2.38. The summed E-state index contributed by atoms with van der Waals surface area (Å²) in [5.41, 5.74) is 1.40. The third-order valence-corrected chi connectivity index (χ3v) is 3.48. The maximum Gasteiger partial charge on any atom is 0.123 e. The molecule has 0 spiro atoms. The second kappa shape index (κ2) is 6.03. The van der Waals surface area contributed by atoms with Gasteiger partial charge in [0.05, 0.1) is 0 Å². The molecule has 0 saturated heterocycles. The molecule has 1 aliphatic carbocycles. The Hall–Kier alpha value is -0.850. The highest BCUT2D eigenvalue weighted by Gasteiger charge is 2.28. The number of hydrogen-bond donors (Lipinski definition) is 0. The highest BCUT2D eigenvalue weighted by molar-refractivity contribution is 5.25. The Kier molecular flexibility index (Phi) is 4.98. The molecule has 16 heavy (non-hydrogen) atoms. The lowest BCUT2D eigenvalue weighted by Gasteiger charge is -2.34. The van der Waals surface area contributed by atoms with Crippen molar-refractivity contribution in [2.45, 2.75) is 58.3 Å². The zero-order chi connectivity index (χ0) is 12.0. The second-order valence-electron chi connectivity index (χ2n) is 4.63. The minimum atomic E-state index is -0.103. The van der Waals surface area contributed by atoms with Crippen molar-refractivity contribution in [3.05, 3.63) is 35.6 Å². The molecule has 90 valence electrons. The zero-order valence-electron chi connectivity index (χ0n) is 10.7. The van der Waals surface area contributed by atoms with Crippen molar-refractivity contribution in [1.82, 2.24) is 0 Å². The average molecular weight is 222 g/mol. The van der Waals surface area contributed by atoms with E-state index in [4.69, 9.17) is 0 Å². The summed E-state index contributed by atoms with van der Waals surface area (Å²) in [5, 5.41) is 0. The molecule has 0 nitrogen and oxygen atoms in total. The molecule has 1 aromatic rings. The van der Waals surface area contributed by atoms with Crippen LogP contribution in [0.1, 0.15) is 58.4 Å². The van der Waals surface area contributed by atoms with Gasteiger partial charge in [0, 0.05) is 0 Å². The molecule has 1 fully saturated rings. The van der Waals surface area contributed by atoms with Gasteiger partial charge in [0.25, 0.3) is 0 Å². The van der Waals surface area contributed by atoms with Gasteiger partial charge in [0.1, 0.15) is 5.82 Å². The molecule has 1 saturated carbocycles. The van der Waals surface area contributed by atoms with Gasteiger partial charge in [0.2, 0.25) is 0 Å². The van der Waals surface area contributed by atoms with Gasteiger partial charge in [-0.25, -0.2) is 4.39 Å². The quantitative estimate of drug-likeness (QED) is 0.622. The largest absolute Gasteiger partial charge is 0.207 e. The van der Waals surface area contributed by atoms with E-state index in [-0.39, 0.29) is 11.2 Å². The Balaban J connectivity index is 0.000000606. The smallest absolute Gasteiger partial charge is 0.123 e. The van der Waals surface area contributed by atoms with Crippen LogP contribution in [0.5, 0.6) is 0 Å². The summed E-state index contributed by atoms with van der Waals surface area (Å²) in [7, 11) is 0. The lowest BCUT2D eigenvalue weighted by atomic mass is 9.71. The van der Waals surface area contributed by atoms with E-state index in [0.717, 1.165) is 0 Å². The van der Waals surface area contributed by atoms with Gasteiger partial charge in [-0.15, -0.1) is 0 Å². The van der Waals surface area contributed by atoms with E-state index in [1.54, 1.807) is 6.07 Å². The third kappa shape index (κ3) is 3.07. The van der Waals surface area contributed by atoms with Crippen LogP contribution in [0.2, 0.25) is 0 Å². The molecule has 1 aromatic carbocycles. The standard InChI is InChI=1S/C13H17F.C2H6/c1-13(8-3-2-4-9-13)11-6-5-7-12(14)10-11;1-2/h5-7,10H,2-4,8-9H2,1H3;1-2H3. The van der Waals surface area contributed by atoms with Crippen LogP contribution in [0.25, 0.3) is 0 Å². The maximum absolute atomic E-state index is 13.1. The van der Waals surface area contributed by atoms with E-state index >= 15 is 0 Å². The number of benzene rings is 1. The number of halogens is 1. The lowest BCUT2D eigenvalue weighted by molar-refractivity contribution is 0.318. The number of hydrogen-bond acceptors (Lipinski definition) is 0. The van der Waals surface area contributed by atoms with Crippen LogP contribution in [0, 0.1) is 5.82 Å². The summed E-state index contributed by atoms with van der Waals surface area (Å²) in [6, 6.07) is 7.11. The van der Waals surface area contributed by atoms with Crippen LogP contribution in [-0.4, -0.2) is 0 Å². The first-order chi connectivity index (χ1) is 7.71. The van der Waals surface area contributed by atoms with E-state index in [0.29, 0.717) is 0 Å². The zero-order valence-corrected chi connectivity index (χ0v) is 10.7. The maximum atomic E-state index is 13.1. The molecule has 0 amide bonds. The Morgan fingerprint density at radius 3 is 2.25 bits per heavy atom. The SMILES string of the molecule is CC.CC1(c2cccc(F)c2)CCCCC1. The highest BCUT2D eigenvalue weighted by atomic mass is 19.1. The predicted molar refractivity (Wildman–Crippen MR) is 68.2 cm³/mol. The predicted octanol–water partition coefficient (Wildman–Crippen LogP) is 5.07. The normalized spacial score (nSPS) is 18.5. The Morgan fingerprint density at radius 1 is 1.06 bits per heavy atom. The molecule has 1 heteroatoms. The molecular weight excluding hydrogens is 199 g/mol. The molecule has 0 radical (unpaired) electrons. The monoisotopic (exact) mass is 222 g/mol. The molecule has 0 bridgehead atoms. The van der Waals surface area contributed by atoms with E-state index in [2.05, 4.69) is 13.0 Å². The first-order valence-corrected chi connectivity index (χ1v) is 6.47. The van der Waals surface area contributed by atoms with Gasteiger partial charge < -0.3 is 0 Å². The molecule has 0 atom stereocenters. The van der Waals surface area contributed by atoms with E-state index in [1.165, 1.54) is 43.7 Å². The van der Waals surface area contributed by atoms with E-state index in [9.17, 15) is 4.39 Å². The Labute approximate surface area is 98.9 Å². The van der Waals surface area contributed by atoms with Crippen molar-refractivity contribution in [2.75, 3.05) is 0 Å². The third-order valence-electron chi connectivity index (χ3n) is 3.48. The Bertz CT molecular complexity index is 311. The molecule has 0 unspecified atom stereocenters. The number of rotatable bonds is 1. The average Bonchev–Trinajstić information content (AvgIpc) is 2.33. The van der Waals surface area contributed by atoms with Crippen LogP contribution < -0.4 is 0 Å². The van der Waals surface area contributed by atoms with Gasteiger partial charge in [-0.3, -0.25) is 0 Å². The summed E-state index contributed by atoms with van der Waals surface area (Å²) in [5.74, 6) is -0.103.